The lowest BCUT2D eigenvalue weighted by atomic mass is 10.2. The van der Waals surface area contributed by atoms with Gasteiger partial charge in [-0.3, -0.25) is 0 Å². The monoisotopic (exact) mass is 361 g/mol. The van der Waals surface area contributed by atoms with E-state index in [1.807, 2.05) is 36.4 Å². The number of hydrogen-bond donors (Lipinski definition) is 1. The Labute approximate surface area is 159 Å². The van der Waals surface area contributed by atoms with Crippen LogP contribution in [0.2, 0.25) is 0 Å². The topological polar surface area (TPSA) is 63.2 Å². The average Bonchev–Trinajstić information content (AvgIpc) is 3.26. The molecule has 0 aliphatic carbocycles. The molecule has 4 rings (SSSR count). The molecule has 0 spiro atoms. The van der Waals surface area contributed by atoms with Crippen molar-refractivity contribution in [3.63, 3.8) is 0 Å². The number of rotatable bonds is 7. The van der Waals surface area contributed by atoms with E-state index in [9.17, 15) is 0 Å². The maximum Gasteiger partial charge on any atom is 0.252 e. The van der Waals surface area contributed by atoms with E-state index >= 15 is 0 Å². The molecule has 1 aliphatic rings. The SMILES string of the molecule is c1ccc(CN(c2ccccc2)c2nncc(NCC3CCCO3)n2)cc1. The predicted octanol–water partition coefficient (Wildman–Crippen LogP) is 3.80. The van der Waals surface area contributed by atoms with Gasteiger partial charge in [0.15, 0.2) is 5.82 Å². The summed E-state index contributed by atoms with van der Waals surface area (Å²) in [7, 11) is 0. The molecule has 6 heteroatoms. The summed E-state index contributed by atoms with van der Waals surface area (Å²) in [6.07, 6.45) is 4.11. The van der Waals surface area contributed by atoms with Crippen LogP contribution < -0.4 is 10.2 Å². The molecule has 1 saturated heterocycles. The van der Waals surface area contributed by atoms with Gasteiger partial charge in [-0.1, -0.05) is 48.5 Å². The van der Waals surface area contributed by atoms with Gasteiger partial charge in [0, 0.05) is 18.8 Å². The highest BCUT2D eigenvalue weighted by Gasteiger charge is 2.17. The van der Waals surface area contributed by atoms with Crippen LogP contribution in [0.5, 0.6) is 0 Å². The van der Waals surface area contributed by atoms with Gasteiger partial charge in [-0.2, -0.15) is 10.1 Å². The Hall–Kier alpha value is -2.99. The third-order valence-electron chi connectivity index (χ3n) is 4.58. The molecular formula is C21H23N5O. The Morgan fingerprint density at radius 1 is 1.04 bits per heavy atom. The van der Waals surface area contributed by atoms with Crippen LogP contribution in [0, 0.1) is 0 Å². The van der Waals surface area contributed by atoms with Crippen LogP contribution in [0.25, 0.3) is 0 Å². The van der Waals surface area contributed by atoms with E-state index in [2.05, 4.69) is 44.7 Å². The largest absolute Gasteiger partial charge is 0.376 e. The van der Waals surface area contributed by atoms with E-state index < -0.39 is 0 Å². The average molecular weight is 361 g/mol. The minimum absolute atomic E-state index is 0.248. The van der Waals surface area contributed by atoms with Gasteiger partial charge in [0.2, 0.25) is 0 Å². The van der Waals surface area contributed by atoms with Gasteiger partial charge in [-0.05, 0) is 30.5 Å². The van der Waals surface area contributed by atoms with Crippen molar-refractivity contribution in [2.24, 2.45) is 0 Å². The smallest absolute Gasteiger partial charge is 0.252 e. The molecule has 0 radical (unpaired) electrons. The van der Waals surface area contributed by atoms with Gasteiger partial charge in [0.1, 0.15) is 0 Å². The Kier molecular flexibility index (Phi) is 5.55. The van der Waals surface area contributed by atoms with Crippen molar-refractivity contribution in [1.82, 2.24) is 15.2 Å². The molecule has 2 heterocycles. The van der Waals surface area contributed by atoms with Crippen LogP contribution in [-0.4, -0.2) is 34.4 Å². The fourth-order valence-corrected chi connectivity index (χ4v) is 3.17. The first-order chi connectivity index (χ1) is 13.4. The van der Waals surface area contributed by atoms with E-state index in [4.69, 9.17) is 9.72 Å². The molecule has 138 valence electrons. The van der Waals surface area contributed by atoms with E-state index in [0.29, 0.717) is 18.3 Å². The fourth-order valence-electron chi connectivity index (χ4n) is 3.17. The van der Waals surface area contributed by atoms with Crippen LogP contribution in [0.4, 0.5) is 17.5 Å². The zero-order valence-electron chi connectivity index (χ0n) is 15.2. The molecule has 1 aromatic heterocycles. The second-order valence-corrected chi connectivity index (χ2v) is 6.56. The maximum atomic E-state index is 5.66. The van der Waals surface area contributed by atoms with Crippen molar-refractivity contribution in [1.29, 1.82) is 0 Å². The molecule has 1 aliphatic heterocycles. The number of hydrogen-bond acceptors (Lipinski definition) is 6. The van der Waals surface area contributed by atoms with Crippen LogP contribution in [0.1, 0.15) is 18.4 Å². The molecule has 3 aromatic rings. The minimum Gasteiger partial charge on any atom is -0.376 e. The Morgan fingerprint density at radius 3 is 2.56 bits per heavy atom. The second-order valence-electron chi connectivity index (χ2n) is 6.56. The number of aromatic nitrogens is 3. The van der Waals surface area contributed by atoms with Crippen molar-refractivity contribution >= 4 is 17.5 Å². The van der Waals surface area contributed by atoms with Gasteiger partial charge in [0.25, 0.3) is 5.95 Å². The Bertz CT molecular complexity index is 837. The summed E-state index contributed by atoms with van der Waals surface area (Å²) < 4.78 is 5.66. The highest BCUT2D eigenvalue weighted by atomic mass is 16.5. The lowest BCUT2D eigenvalue weighted by Crippen LogP contribution is -2.22. The van der Waals surface area contributed by atoms with Gasteiger partial charge >= 0.3 is 0 Å². The van der Waals surface area contributed by atoms with Crippen LogP contribution in [0.15, 0.2) is 66.9 Å². The van der Waals surface area contributed by atoms with E-state index in [0.717, 1.165) is 31.7 Å². The molecule has 1 N–H and O–H groups in total. The third-order valence-corrected chi connectivity index (χ3v) is 4.58. The summed E-state index contributed by atoms with van der Waals surface area (Å²) in [5.74, 6) is 1.28. The van der Waals surface area contributed by atoms with Crippen molar-refractivity contribution in [3.8, 4) is 0 Å². The summed E-state index contributed by atoms with van der Waals surface area (Å²) in [5, 5.41) is 11.8. The number of anilines is 3. The Morgan fingerprint density at radius 2 is 1.81 bits per heavy atom. The number of nitrogens with zero attached hydrogens (tertiary/aromatic N) is 4. The quantitative estimate of drug-likeness (QED) is 0.691. The lowest BCUT2D eigenvalue weighted by Gasteiger charge is -2.23. The first kappa shape index (κ1) is 17.4. The summed E-state index contributed by atoms with van der Waals surface area (Å²) in [5.41, 5.74) is 2.21. The number of ether oxygens (including phenoxy) is 1. The van der Waals surface area contributed by atoms with Crippen molar-refractivity contribution < 1.29 is 4.74 Å². The number of nitrogens with one attached hydrogen (secondary N) is 1. The Balaban J connectivity index is 1.56. The fraction of sp³-hybridized carbons (Fsp3) is 0.286. The first-order valence-corrected chi connectivity index (χ1v) is 9.30. The zero-order chi connectivity index (χ0) is 18.3. The zero-order valence-corrected chi connectivity index (χ0v) is 15.2. The normalized spacial score (nSPS) is 16.2. The molecule has 0 amide bonds. The molecule has 6 nitrogen and oxygen atoms in total. The predicted molar refractivity (Wildman–Crippen MR) is 106 cm³/mol. The molecule has 2 aromatic carbocycles. The molecule has 1 fully saturated rings. The minimum atomic E-state index is 0.248. The van der Waals surface area contributed by atoms with Crippen molar-refractivity contribution in [3.05, 3.63) is 72.4 Å². The van der Waals surface area contributed by atoms with Gasteiger partial charge in [0.05, 0.1) is 18.8 Å². The van der Waals surface area contributed by atoms with E-state index in [1.54, 1.807) is 6.20 Å². The molecular weight excluding hydrogens is 338 g/mol. The highest BCUT2D eigenvalue weighted by molar-refractivity contribution is 5.58. The first-order valence-electron chi connectivity index (χ1n) is 9.30. The van der Waals surface area contributed by atoms with Crippen LogP contribution in [0.3, 0.4) is 0 Å². The molecule has 0 saturated carbocycles. The van der Waals surface area contributed by atoms with Gasteiger partial charge in [-0.15, -0.1) is 5.10 Å². The molecule has 1 atom stereocenters. The van der Waals surface area contributed by atoms with Crippen molar-refractivity contribution in [2.75, 3.05) is 23.4 Å². The molecule has 1 unspecified atom stereocenters. The summed E-state index contributed by atoms with van der Waals surface area (Å²) in [4.78, 5) is 6.76. The number of benzene rings is 2. The van der Waals surface area contributed by atoms with Crippen LogP contribution in [-0.2, 0) is 11.3 Å². The summed E-state index contributed by atoms with van der Waals surface area (Å²) in [6.45, 7) is 2.25. The molecule has 0 bridgehead atoms. The van der Waals surface area contributed by atoms with E-state index in [-0.39, 0.29) is 6.10 Å². The lowest BCUT2D eigenvalue weighted by molar-refractivity contribution is 0.120. The summed E-state index contributed by atoms with van der Waals surface area (Å²) >= 11 is 0. The molecule has 27 heavy (non-hydrogen) atoms. The number of para-hydroxylation sites is 1. The highest BCUT2D eigenvalue weighted by Crippen LogP contribution is 2.24. The van der Waals surface area contributed by atoms with Gasteiger partial charge < -0.3 is 15.0 Å². The standard InChI is InChI=1S/C21H23N5O/c1-3-8-17(9-4-1)16-26(18-10-5-2-6-11-18)21-24-20(15-23-25-21)22-14-19-12-7-13-27-19/h1-6,8-11,15,19H,7,12-14,16H2,(H,22,24,25). The maximum absolute atomic E-state index is 5.66. The van der Waals surface area contributed by atoms with Crippen LogP contribution >= 0.6 is 0 Å². The van der Waals surface area contributed by atoms with Gasteiger partial charge in [-0.25, -0.2) is 0 Å². The third kappa shape index (κ3) is 4.60. The summed E-state index contributed by atoms with van der Waals surface area (Å²) in [6, 6.07) is 20.4. The van der Waals surface area contributed by atoms with Crippen molar-refractivity contribution in [2.45, 2.75) is 25.5 Å². The van der Waals surface area contributed by atoms with E-state index in [1.165, 1.54) is 5.56 Å². The second kappa shape index (κ2) is 8.60.